The maximum Gasteiger partial charge on any atom is 0.328 e. The Hall–Kier alpha value is -1.06. The van der Waals surface area contributed by atoms with E-state index in [0.29, 0.717) is 10.6 Å². The molecule has 0 saturated carbocycles. The highest BCUT2D eigenvalue weighted by Gasteiger charge is 2.24. The third-order valence-electron chi connectivity index (χ3n) is 1.90. The first kappa shape index (κ1) is 13.0. The third kappa shape index (κ3) is 3.51. The molecule has 3 nitrogen and oxygen atoms in total. The van der Waals surface area contributed by atoms with E-state index < -0.39 is 17.6 Å². The highest BCUT2D eigenvalue weighted by molar-refractivity contribution is 6.31. The molecule has 4 heteroatoms. The monoisotopic (exact) mass is 241 g/mol. The molecule has 1 rings (SSSR count). The summed E-state index contributed by atoms with van der Waals surface area (Å²) in [5.74, 6) is -0.472. The molecular weight excluding hydrogens is 226 g/mol. The largest absolute Gasteiger partial charge is 0.459 e. The van der Waals surface area contributed by atoms with Crippen LogP contribution in [0.4, 0.5) is 0 Å². The average molecular weight is 242 g/mol. The lowest BCUT2D eigenvalue weighted by Crippen LogP contribution is -2.31. The van der Waals surface area contributed by atoms with Crippen LogP contribution in [0, 0.1) is 0 Å². The minimum atomic E-state index is -0.840. The summed E-state index contributed by atoms with van der Waals surface area (Å²) in [6, 6.07) is 6.14. The van der Waals surface area contributed by atoms with Gasteiger partial charge in [0.2, 0.25) is 0 Å². The van der Waals surface area contributed by atoms with Crippen LogP contribution in [-0.4, -0.2) is 11.6 Å². The van der Waals surface area contributed by atoms with Crippen molar-refractivity contribution in [2.24, 2.45) is 5.73 Å². The summed E-state index contributed by atoms with van der Waals surface area (Å²) in [6.07, 6.45) is 0. The highest BCUT2D eigenvalue weighted by atomic mass is 35.5. The minimum absolute atomic E-state index is 0.472. The van der Waals surface area contributed by atoms with Crippen molar-refractivity contribution < 1.29 is 9.53 Å². The Balaban J connectivity index is 2.83. The fourth-order valence-corrected chi connectivity index (χ4v) is 1.47. The van der Waals surface area contributed by atoms with Crippen LogP contribution in [0.1, 0.15) is 32.4 Å². The standard InChI is InChI=1S/C12H16ClNO2/c1-12(2,3)16-11(15)10(14)8-6-4-5-7-9(8)13/h4-7,10H,14H2,1-3H3/t10-/m1/s1. The summed E-state index contributed by atoms with van der Waals surface area (Å²) in [5.41, 5.74) is 5.82. The van der Waals surface area contributed by atoms with Gasteiger partial charge in [0.15, 0.2) is 0 Å². The second kappa shape index (κ2) is 4.85. The Kier molecular flexibility index (Phi) is 3.94. The third-order valence-corrected chi connectivity index (χ3v) is 2.25. The van der Waals surface area contributed by atoms with Crippen LogP contribution in [-0.2, 0) is 9.53 Å². The number of hydrogen-bond donors (Lipinski definition) is 1. The van der Waals surface area contributed by atoms with Gasteiger partial charge in [-0.3, -0.25) is 0 Å². The Morgan fingerprint density at radius 2 is 1.94 bits per heavy atom. The molecule has 0 saturated heterocycles. The Morgan fingerprint density at radius 3 is 2.44 bits per heavy atom. The lowest BCUT2D eigenvalue weighted by Gasteiger charge is -2.22. The van der Waals surface area contributed by atoms with Gasteiger partial charge in [-0.25, -0.2) is 4.79 Å². The van der Waals surface area contributed by atoms with E-state index in [-0.39, 0.29) is 0 Å². The van der Waals surface area contributed by atoms with Gasteiger partial charge >= 0.3 is 5.97 Å². The summed E-state index contributed by atoms with van der Waals surface area (Å²) in [7, 11) is 0. The second-order valence-electron chi connectivity index (χ2n) is 4.53. The molecule has 1 aromatic rings. The maximum atomic E-state index is 11.7. The zero-order chi connectivity index (χ0) is 12.3. The van der Waals surface area contributed by atoms with E-state index in [9.17, 15) is 4.79 Å². The first-order valence-corrected chi connectivity index (χ1v) is 5.42. The van der Waals surface area contributed by atoms with E-state index in [4.69, 9.17) is 22.1 Å². The van der Waals surface area contributed by atoms with Gasteiger partial charge in [-0.15, -0.1) is 0 Å². The average Bonchev–Trinajstić information content (AvgIpc) is 2.15. The van der Waals surface area contributed by atoms with Crippen molar-refractivity contribution >= 4 is 17.6 Å². The molecule has 1 atom stereocenters. The highest BCUT2D eigenvalue weighted by Crippen LogP contribution is 2.23. The molecule has 0 bridgehead atoms. The molecule has 0 aromatic heterocycles. The zero-order valence-electron chi connectivity index (χ0n) is 9.66. The Bertz CT molecular complexity index is 385. The number of hydrogen-bond acceptors (Lipinski definition) is 3. The second-order valence-corrected chi connectivity index (χ2v) is 4.94. The van der Waals surface area contributed by atoms with Crippen molar-refractivity contribution in [1.82, 2.24) is 0 Å². The molecular formula is C12H16ClNO2. The van der Waals surface area contributed by atoms with Crippen LogP contribution in [0.2, 0.25) is 5.02 Å². The van der Waals surface area contributed by atoms with Gasteiger partial charge in [-0.2, -0.15) is 0 Å². The maximum absolute atomic E-state index is 11.7. The van der Waals surface area contributed by atoms with Crippen LogP contribution < -0.4 is 5.73 Å². The van der Waals surface area contributed by atoms with Gasteiger partial charge in [0.05, 0.1) is 0 Å². The van der Waals surface area contributed by atoms with Gasteiger partial charge in [-0.1, -0.05) is 29.8 Å². The molecule has 0 aliphatic heterocycles. The van der Waals surface area contributed by atoms with Gasteiger partial charge in [0, 0.05) is 5.02 Å². The van der Waals surface area contributed by atoms with E-state index >= 15 is 0 Å². The molecule has 0 unspecified atom stereocenters. The van der Waals surface area contributed by atoms with Crippen LogP contribution in [0.15, 0.2) is 24.3 Å². The van der Waals surface area contributed by atoms with Crippen molar-refractivity contribution in [3.63, 3.8) is 0 Å². The van der Waals surface area contributed by atoms with Crippen molar-refractivity contribution in [2.45, 2.75) is 32.4 Å². The minimum Gasteiger partial charge on any atom is -0.459 e. The molecule has 0 aliphatic carbocycles. The van der Waals surface area contributed by atoms with Crippen molar-refractivity contribution in [2.75, 3.05) is 0 Å². The van der Waals surface area contributed by atoms with E-state index in [0.717, 1.165) is 0 Å². The number of carbonyl (C=O) groups excluding carboxylic acids is 1. The predicted octanol–water partition coefficient (Wildman–Crippen LogP) is 2.68. The van der Waals surface area contributed by atoms with Gasteiger partial charge in [0.25, 0.3) is 0 Å². The summed E-state index contributed by atoms with van der Waals surface area (Å²) in [5, 5.41) is 0.473. The quantitative estimate of drug-likeness (QED) is 0.810. The van der Waals surface area contributed by atoms with Crippen LogP contribution in [0.5, 0.6) is 0 Å². The molecule has 0 spiro atoms. The topological polar surface area (TPSA) is 52.3 Å². The number of carbonyl (C=O) groups is 1. The first-order chi connectivity index (χ1) is 7.31. The molecule has 0 amide bonds. The molecule has 88 valence electrons. The van der Waals surface area contributed by atoms with E-state index in [1.807, 2.05) is 0 Å². The van der Waals surface area contributed by atoms with E-state index in [2.05, 4.69) is 0 Å². The SMILES string of the molecule is CC(C)(C)OC(=O)[C@H](N)c1ccccc1Cl. The van der Waals surface area contributed by atoms with Gasteiger partial charge in [0.1, 0.15) is 11.6 Å². The first-order valence-electron chi connectivity index (χ1n) is 5.04. The number of benzene rings is 1. The summed E-state index contributed by atoms with van der Waals surface area (Å²) in [6.45, 7) is 5.39. The number of rotatable bonds is 2. The lowest BCUT2D eigenvalue weighted by molar-refractivity contribution is -0.156. The molecule has 0 aliphatic rings. The smallest absolute Gasteiger partial charge is 0.328 e. The molecule has 0 radical (unpaired) electrons. The fraction of sp³-hybridized carbons (Fsp3) is 0.417. The number of halogens is 1. The Morgan fingerprint density at radius 1 is 1.38 bits per heavy atom. The zero-order valence-corrected chi connectivity index (χ0v) is 10.4. The fourth-order valence-electron chi connectivity index (χ4n) is 1.22. The molecule has 2 N–H and O–H groups in total. The van der Waals surface area contributed by atoms with E-state index in [1.54, 1.807) is 45.0 Å². The van der Waals surface area contributed by atoms with Crippen LogP contribution >= 0.6 is 11.6 Å². The van der Waals surface area contributed by atoms with Gasteiger partial charge in [-0.05, 0) is 32.4 Å². The number of ether oxygens (including phenoxy) is 1. The molecule has 0 heterocycles. The number of esters is 1. The van der Waals surface area contributed by atoms with Crippen molar-refractivity contribution in [3.8, 4) is 0 Å². The predicted molar refractivity (Wildman–Crippen MR) is 64.2 cm³/mol. The Labute approximate surface area is 101 Å². The normalized spacial score (nSPS) is 13.3. The van der Waals surface area contributed by atoms with Crippen molar-refractivity contribution in [3.05, 3.63) is 34.9 Å². The summed E-state index contributed by atoms with van der Waals surface area (Å²) >= 11 is 5.95. The van der Waals surface area contributed by atoms with E-state index in [1.165, 1.54) is 0 Å². The van der Waals surface area contributed by atoms with Crippen LogP contribution in [0.3, 0.4) is 0 Å². The lowest BCUT2D eigenvalue weighted by atomic mass is 10.1. The summed E-state index contributed by atoms with van der Waals surface area (Å²) < 4.78 is 5.19. The van der Waals surface area contributed by atoms with Crippen LogP contribution in [0.25, 0.3) is 0 Å². The molecule has 16 heavy (non-hydrogen) atoms. The summed E-state index contributed by atoms with van der Waals surface area (Å²) in [4.78, 5) is 11.7. The molecule has 1 aromatic carbocycles. The molecule has 0 fully saturated rings. The number of nitrogens with two attached hydrogens (primary N) is 1. The van der Waals surface area contributed by atoms with Gasteiger partial charge < -0.3 is 10.5 Å². The van der Waals surface area contributed by atoms with Crippen molar-refractivity contribution in [1.29, 1.82) is 0 Å².